The Bertz CT molecular complexity index is 2600. The van der Waals surface area contributed by atoms with E-state index < -0.39 is 24.3 Å². The highest BCUT2D eigenvalue weighted by Crippen LogP contribution is 2.57. The van der Waals surface area contributed by atoms with Gasteiger partial charge in [-0.05, 0) is 114 Å². The number of imidazole rings is 2. The highest BCUT2D eigenvalue weighted by Gasteiger charge is 2.53. The Morgan fingerprint density at radius 2 is 1.10 bits per heavy atom. The first-order valence-corrected chi connectivity index (χ1v) is 24.9. The van der Waals surface area contributed by atoms with E-state index in [0.717, 1.165) is 96.7 Å². The van der Waals surface area contributed by atoms with Crippen LogP contribution < -0.4 is 10.6 Å². The highest BCUT2D eigenvalue weighted by atomic mass is 16.5. The molecular formula is C54H62N8O7. The molecule has 2 aromatic heterocycles. The molecular weight excluding hydrogens is 873 g/mol. The molecule has 3 unspecified atom stereocenters. The number of fused-ring (bicyclic) bond motifs is 9. The number of carbonyl (C=O) groups is 4. The monoisotopic (exact) mass is 934 g/mol. The van der Waals surface area contributed by atoms with E-state index in [1.807, 2.05) is 49.9 Å². The molecule has 10 atom stereocenters. The number of carbonyl (C=O) groups excluding carboxylic acids is 4. The molecule has 4 N–H and O–H groups in total. The van der Waals surface area contributed by atoms with Crippen LogP contribution in [0, 0.1) is 23.7 Å². The van der Waals surface area contributed by atoms with Crippen molar-refractivity contribution >= 4 is 24.0 Å². The van der Waals surface area contributed by atoms with Crippen molar-refractivity contribution in [3.05, 3.63) is 95.7 Å². The molecule has 6 aliphatic rings. The quantitative estimate of drug-likeness (QED) is 0.0946. The molecule has 5 aromatic rings. The molecule has 6 heterocycles. The van der Waals surface area contributed by atoms with Crippen LogP contribution in [0.5, 0.6) is 0 Å². The van der Waals surface area contributed by atoms with Crippen molar-refractivity contribution in [3.63, 3.8) is 0 Å². The molecule has 6 bridgehead atoms. The summed E-state index contributed by atoms with van der Waals surface area (Å²) in [7, 11) is 2.63. The van der Waals surface area contributed by atoms with Crippen molar-refractivity contribution in [1.29, 1.82) is 0 Å². The lowest BCUT2D eigenvalue weighted by molar-refractivity contribution is -0.140. The number of nitrogens with zero attached hydrogens (tertiary/aromatic N) is 4. The third kappa shape index (κ3) is 7.77. The highest BCUT2D eigenvalue weighted by molar-refractivity contribution is 5.88. The lowest BCUT2D eigenvalue weighted by Gasteiger charge is -2.38. The second-order valence-electron chi connectivity index (χ2n) is 20.8. The zero-order valence-corrected chi connectivity index (χ0v) is 40.2. The Kier molecular flexibility index (Phi) is 11.6. The van der Waals surface area contributed by atoms with Gasteiger partial charge in [-0.3, -0.25) is 9.59 Å². The molecule has 0 spiro atoms. The summed E-state index contributed by atoms with van der Waals surface area (Å²) in [5.74, 6) is 1.80. The Labute approximate surface area is 402 Å². The minimum absolute atomic E-state index is 0.0461. The maximum Gasteiger partial charge on any atom is 0.407 e. The number of ether oxygens (including phenoxy) is 3. The van der Waals surface area contributed by atoms with Gasteiger partial charge in [-0.25, -0.2) is 19.6 Å². The van der Waals surface area contributed by atoms with Gasteiger partial charge in [-0.15, -0.1) is 0 Å². The SMILES string of the molecule is COC(=O)N[C@H](C(=O)N1C(c2ncc(-c3ccc(-c4ccc(-c5ccc(-c6ncc([C@@H]7[C@H]8CC[C@H](C8)N7C(=O)[C@@H](NC(=O)OC)C(C)C)[nH]6)cc5)c5c4C4CCC5O4)cc3)[nH]2)[C@H]2CC[C@@H]1C2)C(C)C. The molecule has 3 aromatic carbocycles. The molecule has 15 nitrogen and oxygen atoms in total. The number of benzene rings is 3. The maximum atomic E-state index is 14.1. The van der Waals surface area contributed by atoms with Gasteiger partial charge in [0, 0.05) is 17.6 Å². The van der Waals surface area contributed by atoms with Gasteiger partial charge in [0.1, 0.15) is 23.7 Å². The number of likely N-dealkylation sites (tertiary alicyclic amines) is 2. The van der Waals surface area contributed by atoms with Crippen molar-refractivity contribution in [2.75, 3.05) is 14.2 Å². The fourth-order valence-electron chi connectivity index (χ4n) is 12.9. The van der Waals surface area contributed by atoms with Gasteiger partial charge >= 0.3 is 12.2 Å². The summed E-state index contributed by atoms with van der Waals surface area (Å²) in [4.78, 5) is 73.4. The summed E-state index contributed by atoms with van der Waals surface area (Å²) >= 11 is 0. The van der Waals surface area contributed by atoms with Gasteiger partial charge in [0.25, 0.3) is 0 Å². The van der Waals surface area contributed by atoms with Crippen LogP contribution in [0.2, 0.25) is 0 Å². The molecule has 69 heavy (non-hydrogen) atoms. The van der Waals surface area contributed by atoms with E-state index >= 15 is 0 Å². The second-order valence-corrected chi connectivity index (χ2v) is 20.8. The van der Waals surface area contributed by atoms with Crippen molar-refractivity contribution < 1.29 is 33.4 Å². The standard InChI is InChI=1S/C54H62N8O7/c1-27(2)45(59-53(65)67-5)51(63)61-35-17-15-33(23-35)47(61)40-26-55-49(58-40)32-13-9-30(10-14-32)38-20-19-37(43-41-21-22-42(69-41)44(38)43)29-7-11-31(12-8-29)39-25-56-50(57-39)48-34-16-18-36(24-34)62(48)52(64)46(28(3)4)60-54(66)68-6/h7-14,19-20,25-28,33-36,41-42,45-48H,15-18,21-24H2,1-6H3,(H,55,58)(H,56,57)(H,59,65)(H,60,66)/t33-,34-,35+,36+,41?,42?,45-,46-,47-,48?/m0/s1. The first kappa shape index (κ1) is 45.0. The summed E-state index contributed by atoms with van der Waals surface area (Å²) in [5.41, 5.74) is 10.9. The summed E-state index contributed by atoms with van der Waals surface area (Å²) in [5, 5.41) is 5.56. The lowest BCUT2D eigenvalue weighted by atomic mass is 9.81. The van der Waals surface area contributed by atoms with Crippen LogP contribution in [-0.2, 0) is 23.8 Å². The average Bonchev–Trinajstić information content (AvgIpc) is 4.23. The van der Waals surface area contributed by atoms with Crippen molar-refractivity contribution in [2.45, 2.75) is 128 Å². The summed E-state index contributed by atoms with van der Waals surface area (Å²) < 4.78 is 16.3. The van der Waals surface area contributed by atoms with Crippen molar-refractivity contribution in [1.82, 2.24) is 40.4 Å². The van der Waals surface area contributed by atoms with E-state index in [-0.39, 0.29) is 60.0 Å². The molecule has 4 amide bonds. The van der Waals surface area contributed by atoms with E-state index in [2.05, 4.69) is 81.3 Å². The summed E-state index contributed by atoms with van der Waals surface area (Å²) in [6.45, 7) is 7.76. The van der Waals surface area contributed by atoms with E-state index in [9.17, 15) is 19.2 Å². The van der Waals surface area contributed by atoms with Gasteiger partial charge in [0.05, 0.1) is 62.3 Å². The number of alkyl carbamates (subject to hydrolysis) is 2. The number of hydrogen-bond donors (Lipinski definition) is 4. The Morgan fingerprint density at radius 3 is 1.62 bits per heavy atom. The topological polar surface area (TPSA) is 184 Å². The predicted molar refractivity (Wildman–Crippen MR) is 258 cm³/mol. The van der Waals surface area contributed by atoms with Gasteiger partial charge in [0.2, 0.25) is 11.8 Å². The number of aromatic amines is 2. The summed E-state index contributed by atoms with van der Waals surface area (Å²) in [6, 6.07) is 20.2. The Hall–Kier alpha value is -6.48. The molecule has 15 heteroatoms. The lowest BCUT2D eigenvalue weighted by Crippen LogP contribution is -2.54. The Morgan fingerprint density at radius 1 is 0.609 bits per heavy atom. The smallest absolute Gasteiger partial charge is 0.407 e. The molecule has 4 aliphatic heterocycles. The molecule has 5 fully saturated rings. The molecule has 0 radical (unpaired) electrons. The van der Waals surface area contributed by atoms with Crippen LogP contribution in [0.4, 0.5) is 9.59 Å². The number of aromatic nitrogens is 4. The van der Waals surface area contributed by atoms with Gasteiger partial charge in [-0.1, -0.05) is 88.4 Å². The number of piperidine rings is 2. The Balaban J connectivity index is 0.816. The largest absolute Gasteiger partial charge is 0.453 e. The van der Waals surface area contributed by atoms with Crippen LogP contribution in [0.3, 0.4) is 0 Å². The van der Waals surface area contributed by atoms with Gasteiger partial charge in [0.15, 0.2) is 0 Å². The van der Waals surface area contributed by atoms with Crippen LogP contribution in [0.25, 0.3) is 44.9 Å². The van der Waals surface area contributed by atoms with Gasteiger partial charge in [-0.2, -0.15) is 0 Å². The van der Waals surface area contributed by atoms with Crippen LogP contribution in [0.1, 0.15) is 126 Å². The van der Waals surface area contributed by atoms with Crippen LogP contribution in [-0.4, -0.2) is 92.1 Å². The fraction of sp³-hybridized carbons (Fsp3) is 0.481. The average molecular weight is 935 g/mol. The minimum Gasteiger partial charge on any atom is -0.453 e. The van der Waals surface area contributed by atoms with Crippen molar-refractivity contribution in [2.24, 2.45) is 23.7 Å². The number of methoxy groups -OCH3 is 2. The van der Waals surface area contributed by atoms with E-state index in [1.54, 1.807) is 0 Å². The number of amides is 4. The van der Waals surface area contributed by atoms with Crippen LogP contribution >= 0.6 is 0 Å². The zero-order chi connectivity index (χ0) is 47.8. The number of H-pyrrole nitrogens is 2. The summed E-state index contributed by atoms with van der Waals surface area (Å²) in [6.07, 6.45) is 10.5. The third-order valence-electron chi connectivity index (χ3n) is 16.2. The molecule has 2 aliphatic carbocycles. The second kappa shape index (κ2) is 17.8. The van der Waals surface area contributed by atoms with E-state index in [0.29, 0.717) is 11.8 Å². The van der Waals surface area contributed by atoms with E-state index in [1.165, 1.54) is 36.5 Å². The fourth-order valence-corrected chi connectivity index (χ4v) is 12.9. The normalized spacial score (nSPS) is 25.9. The van der Waals surface area contributed by atoms with Crippen molar-refractivity contribution in [3.8, 4) is 44.9 Å². The minimum atomic E-state index is -0.686. The number of hydrogen-bond acceptors (Lipinski definition) is 9. The molecule has 3 saturated heterocycles. The number of nitrogens with one attached hydrogen (secondary N) is 4. The first-order valence-electron chi connectivity index (χ1n) is 24.9. The number of rotatable bonds is 12. The first-order chi connectivity index (χ1) is 33.4. The molecule has 360 valence electrons. The molecule has 2 saturated carbocycles. The zero-order valence-electron chi connectivity index (χ0n) is 40.2. The maximum absolute atomic E-state index is 14.1. The van der Waals surface area contributed by atoms with E-state index in [4.69, 9.17) is 24.2 Å². The van der Waals surface area contributed by atoms with Gasteiger partial charge < -0.3 is 44.6 Å². The van der Waals surface area contributed by atoms with Crippen LogP contribution in [0.15, 0.2) is 73.1 Å². The molecule has 11 rings (SSSR count). The third-order valence-corrected chi connectivity index (χ3v) is 16.2. The predicted octanol–water partition coefficient (Wildman–Crippen LogP) is 9.57.